The SMILES string of the molecule is CSCC(C)(O)CNCc1ccc(SC)cc1. The number of aliphatic hydroxyl groups is 1. The molecule has 0 spiro atoms. The van der Waals surface area contributed by atoms with Crippen molar-refractivity contribution in [1.29, 1.82) is 0 Å². The van der Waals surface area contributed by atoms with Crippen molar-refractivity contribution in [3.05, 3.63) is 29.8 Å². The molecule has 4 heteroatoms. The van der Waals surface area contributed by atoms with Crippen LogP contribution in [0.5, 0.6) is 0 Å². The average Bonchev–Trinajstić information content (AvgIpc) is 2.29. The highest BCUT2D eigenvalue weighted by Gasteiger charge is 2.18. The van der Waals surface area contributed by atoms with E-state index in [2.05, 4.69) is 35.8 Å². The lowest BCUT2D eigenvalue weighted by Crippen LogP contribution is -2.39. The van der Waals surface area contributed by atoms with Crippen LogP contribution < -0.4 is 5.32 Å². The molecule has 0 saturated carbocycles. The average molecular weight is 271 g/mol. The first-order chi connectivity index (χ1) is 8.07. The molecule has 2 N–H and O–H groups in total. The molecule has 17 heavy (non-hydrogen) atoms. The van der Waals surface area contributed by atoms with Crippen molar-refractivity contribution in [2.45, 2.75) is 24.0 Å². The van der Waals surface area contributed by atoms with E-state index in [4.69, 9.17) is 0 Å². The van der Waals surface area contributed by atoms with Crippen LogP contribution in [0, 0.1) is 0 Å². The van der Waals surface area contributed by atoms with E-state index >= 15 is 0 Å². The molecule has 2 nitrogen and oxygen atoms in total. The second kappa shape index (κ2) is 7.31. The van der Waals surface area contributed by atoms with Gasteiger partial charge in [0.25, 0.3) is 0 Å². The van der Waals surface area contributed by atoms with E-state index in [-0.39, 0.29) is 0 Å². The topological polar surface area (TPSA) is 32.3 Å². The predicted molar refractivity (Wildman–Crippen MR) is 78.9 cm³/mol. The van der Waals surface area contributed by atoms with Gasteiger partial charge >= 0.3 is 0 Å². The molecule has 0 aliphatic carbocycles. The fourth-order valence-corrected chi connectivity index (χ4v) is 2.71. The van der Waals surface area contributed by atoms with E-state index in [0.717, 1.165) is 12.3 Å². The van der Waals surface area contributed by atoms with Crippen LogP contribution in [0.1, 0.15) is 12.5 Å². The second-order valence-electron chi connectivity index (χ2n) is 4.38. The van der Waals surface area contributed by atoms with Gasteiger partial charge in [0.2, 0.25) is 0 Å². The zero-order valence-electron chi connectivity index (χ0n) is 10.7. The molecule has 0 heterocycles. The van der Waals surface area contributed by atoms with E-state index in [1.807, 2.05) is 13.2 Å². The van der Waals surface area contributed by atoms with Crippen LogP contribution in [0.15, 0.2) is 29.2 Å². The molecule has 0 radical (unpaired) electrons. The summed E-state index contributed by atoms with van der Waals surface area (Å²) in [5.74, 6) is 0.755. The van der Waals surface area contributed by atoms with Gasteiger partial charge in [-0.2, -0.15) is 11.8 Å². The Morgan fingerprint density at radius 2 is 1.88 bits per heavy atom. The van der Waals surface area contributed by atoms with E-state index in [0.29, 0.717) is 6.54 Å². The fraction of sp³-hybridized carbons (Fsp3) is 0.538. The highest BCUT2D eigenvalue weighted by Crippen LogP contribution is 2.15. The Hall–Kier alpha value is -0.160. The highest BCUT2D eigenvalue weighted by molar-refractivity contribution is 7.98. The van der Waals surface area contributed by atoms with Crippen molar-refractivity contribution in [3.8, 4) is 0 Å². The Morgan fingerprint density at radius 3 is 2.41 bits per heavy atom. The van der Waals surface area contributed by atoms with Crippen molar-refractivity contribution >= 4 is 23.5 Å². The van der Waals surface area contributed by atoms with Gasteiger partial charge in [0.15, 0.2) is 0 Å². The van der Waals surface area contributed by atoms with Gasteiger partial charge in [0.1, 0.15) is 0 Å². The molecule has 1 unspecified atom stereocenters. The molecule has 0 saturated heterocycles. The Labute approximate surface area is 113 Å². The van der Waals surface area contributed by atoms with Crippen molar-refractivity contribution < 1.29 is 5.11 Å². The zero-order valence-corrected chi connectivity index (χ0v) is 12.3. The third kappa shape index (κ3) is 5.82. The molecule has 0 amide bonds. The maximum atomic E-state index is 9.99. The van der Waals surface area contributed by atoms with E-state index < -0.39 is 5.60 Å². The van der Waals surface area contributed by atoms with Crippen LogP contribution in [0.4, 0.5) is 0 Å². The first-order valence-electron chi connectivity index (χ1n) is 5.62. The molecular weight excluding hydrogens is 250 g/mol. The number of rotatable bonds is 7. The van der Waals surface area contributed by atoms with Gasteiger partial charge in [-0.15, -0.1) is 11.8 Å². The second-order valence-corrected chi connectivity index (χ2v) is 6.13. The molecule has 1 atom stereocenters. The quantitative estimate of drug-likeness (QED) is 0.747. The Morgan fingerprint density at radius 1 is 1.24 bits per heavy atom. The molecule has 0 fully saturated rings. The molecule has 0 aliphatic rings. The summed E-state index contributed by atoms with van der Waals surface area (Å²) in [5.41, 5.74) is 0.626. The summed E-state index contributed by atoms with van der Waals surface area (Å²) < 4.78 is 0. The predicted octanol–water partition coefficient (Wildman–Crippen LogP) is 2.61. The molecule has 1 aromatic carbocycles. The monoisotopic (exact) mass is 271 g/mol. The fourth-order valence-electron chi connectivity index (χ4n) is 1.58. The number of hydrogen-bond donors (Lipinski definition) is 2. The van der Waals surface area contributed by atoms with Crippen LogP contribution in [-0.2, 0) is 6.54 Å². The summed E-state index contributed by atoms with van der Waals surface area (Å²) in [7, 11) is 0. The largest absolute Gasteiger partial charge is 0.388 e. The number of benzene rings is 1. The van der Waals surface area contributed by atoms with Crippen LogP contribution >= 0.6 is 23.5 Å². The molecule has 1 aromatic rings. The van der Waals surface area contributed by atoms with E-state index in [1.165, 1.54) is 10.5 Å². The van der Waals surface area contributed by atoms with Crippen LogP contribution in [-0.4, -0.2) is 35.5 Å². The Bertz CT molecular complexity index is 325. The van der Waals surface area contributed by atoms with Crippen LogP contribution in [0.2, 0.25) is 0 Å². The lowest BCUT2D eigenvalue weighted by Gasteiger charge is -2.22. The lowest BCUT2D eigenvalue weighted by molar-refractivity contribution is 0.0846. The van der Waals surface area contributed by atoms with Crippen LogP contribution in [0.3, 0.4) is 0 Å². The van der Waals surface area contributed by atoms with Crippen molar-refractivity contribution in [2.24, 2.45) is 0 Å². The molecule has 0 aromatic heterocycles. The molecule has 0 aliphatic heterocycles. The lowest BCUT2D eigenvalue weighted by atomic mass is 10.1. The van der Waals surface area contributed by atoms with E-state index in [9.17, 15) is 5.11 Å². The van der Waals surface area contributed by atoms with Gasteiger partial charge in [-0.25, -0.2) is 0 Å². The first kappa shape index (κ1) is 14.9. The minimum absolute atomic E-state index is 0.623. The molecule has 96 valence electrons. The number of nitrogens with one attached hydrogen (secondary N) is 1. The summed E-state index contributed by atoms with van der Waals surface area (Å²) in [6.07, 6.45) is 4.09. The van der Waals surface area contributed by atoms with Crippen molar-refractivity contribution in [1.82, 2.24) is 5.32 Å². The third-order valence-electron chi connectivity index (χ3n) is 2.45. The number of thioether (sulfide) groups is 2. The molecular formula is C13H21NOS2. The molecule has 1 rings (SSSR count). The van der Waals surface area contributed by atoms with Gasteiger partial charge in [-0.3, -0.25) is 0 Å². The van der Waals surface area contributed by atoms with Gasteiger partial charge in [-0.1, -0.05) is 12.1 Å². The van der Waals surface area contributed by atoms with E-state index in [1.54, 1.807) is 23.5 Å². The number of hydrogen-bond acceptors (Lipinski definition) is 4. The van der Waals surface area contributed by atoms with Gasteiger partial charge in [0.05, 0.1) is 5.60 Å². The van der Waals surface area contributed by atoms with Gasteiger partial charge < -0.3 is 10.4 Å². The third-order valence-corrected chi connectivity index (χ3v) is 4.10. The smallest absolute Gasteiger partial charge is 0.0833 e. The maximum absolute atomic E-state index is 9.99. The summed E-state index contributed by atoms with van der Waals surface area (Å²) >= 11 is 3.42. The first-order valence-corrected chi connectivity index (χ1v) is 8.24. The summed E-state index contributed by atoms with van der Waals surface area (Å²) in [4.78, 5) is 1.28. The van der Waals surface area contributed by atoms with Crippen molar-refractivity contribution in [3.63, 3.8) is 0 Å². The zero-order chi connectivity index (χ0) is 12.7. The Kier molecular flexibility index (Phi) is 6.41. The highest BCUT2D eigenvalue weighted by atomic mass is 32.2. The maximum Gasteiger partial charge on any atom is 0.0833 e. The Balaban J connectivity index is 2.35. The summed E-state index contributed by atoms with van der Waals surface area (Å²) in [6.45, 7) is 3.30. The molecule has 0 bridgehead atoms. The van der Waals surface area contributed by atoms with Crippen LogP contribution in [0.25, 0.3) is 0 Å². The normalized spacial score (nSPS) is 14.6. The van der Waals surface area contributed by atoms with Crippen molar-refractivity contribution in [2.75, 3.05) is 24.8 Å². The summed E-state index contributed by atoms with van der Waals surface area (Å²) in [5, 5.41) is 13.3. The standard InChI is InChI=1S/C13H21NOS2/c1-13(15,10-16-2)9-14-8-11-4-6-12(17-3)7-5-11/h4-7,14-15H,8-10H2,1-3H3. The van der Waals surface area contributed by atoms with Gasteiger partial charge in [-0.05, 0) is 37.1 Å². The minimum atomic E-state index is -0.626. The summed E-state index contributed by atoms with van der Waals surface area (Å²) in [6, 6.07) is 8.51. The van der Waals surface area contributed by atoms with Gasteiger partial charge in [0, 0.05) is 23.7 Å². The minimum Gasteiger partial charge on any atom is -0.388 e.